The second-order valence-electron chi connectivity index (χ2n) is 7.71. The molecule has 0 heterocycles. The maximum atomic E-state index is 11.9. The van der Waals surface area contributed by atoms with Gasteiger partial charge in [0, 0.05) is 17.3 Å². The van der Waals surface area contributed by atoms with Crippen LogP contribution in [0.2, 0.25) is 0 Å². The van der Waals surface area contributed by atoms with E-state index in [0.29, 0.717) is 18.8 Å². The third kappa shape index (κ3) is 4.31. The van der Waals surface area contributed by atoms with Gasteiger partial charge in [-0.1, -0.05) is 78.9 Å². The molecule has 0 spiro atoms. The first-order chi connectivity index (χ1) is 14.7. The smallest absolute Gasteiger partial charge is 0.224 e. The maximum absolute atomic E-state index is 11.9. The highest BCUT2D eigenvalue weighted by Gasteiger charge is 2.41. The second-order valence-corrected chi connectivity index (χ2v) is 7.71. The van der Waals surface area contributed by atoms with Crippen LogP contribution < -0.4 is 0 Å². The standard InChI is InChI=1S/C25H23NO4/c27-15-19-12-23(17-30-16-18-6-2-1-3-7-18)25(24(13-19)26(28)29)22-11-10-20-8-4-5-9-21(20)14-22/h1-12,14-15,23-25H,13,16-17H2/t23-,24+,25-/m1/s1. The number of benzene rings is 3. The molecule has 0 unspecified atom stereocenters. The monoisotopic (exact) mass is 401 g/mol. The van der Waals surface area contributed by atoms with Crippen LogP contribution in [-0.4, -0.2) is 23.9 Å². The Morgan fingerprint density at radius 3 is 2.47 bits per heavy atom. The molecule has 1 aliphatic carbocycles. The van der Waals surface area contributed by atoms with Crippen molar-refractivity contribution < 1.29 is 14.5 Å². The van der Waals surface area contributed by atoms with E-state index in [1.165, 1.54) is 0 Å². The summed E-state index contributed by atoms with van der Waals surface area (Å²) in [7, 11) is 0. The van der Waals surface area contributed by atoms with Gasteiger partial charge in [-0.2, -0.15) is 0 Å². The van der Waals surface area contributed by atoms with Gasteiger partial charge in [0.25, 0.3) is 0 Å². The van der Waals surface area contributed by atoms with Crippen LogP contribution in [0.4, 0.5) is 0 Å². The lowest BCUT2D eigenvalue weighted by Crippen LogP contribution is -2.37. The number of nitro groups is 1. The molecule has 0 aromatic heterocycles. The Hall–Kier alpha value is -3.31. The molecule has 5 nitrogen and oxygen atoms in total. The molecular formula is C25H23NO4. The zero-order valence-corrected chi connectivity index (χ0v) is 16.5. The lowest BCUT2D eigenvalue weighted by molar-refractivity contribution is -0.528. The van der Waals surface area contributed by atoms with Gasteiger partial charge in [0.2, 0.25) is 6.04 Å². The topological polar surface area (TPSA) is 69.4 Å². The molecule has 0 bridgehead atoms. The van der Waals surface area contributed by atoms with Crippen molar-refractivity contribution in [1.29, 1.82) is 0 Å². The van der Waals surface area contributed by atoms with Crippen molar-refractivity contribution in [2.24, 2.45) is 5.92 Å². The Morgan fingerprint density at radius 2 is 1.73 bits per heavy atom. The minimum Gasteiger partial charge on any atom is -0.376 e. The van der Waals surface area contributed by atoms with Crippen LogP contribution in [0.5, 0.6) is 0 Å². The summed E-state index contributed by atoms with van der Waals surface area (Å²) >= 11 is 0. The first-order valence-electron chi connectivity index (χ1n) is 10.1. The average molecular weight is 401 g/mol. The van der Waals surface area contributed by atoms with Crippen molar-refractivity contribution in [3.05, 3.63) is 106 Å². The minimum absolute atomic E-state index is 0.142. The number of ether oxygens (including phenoxy) is 1. The third-order valence-electron chi connectivity index (χ3n) is 5.75. The van der Waals surface area contributed by atoms with Gasteiger partial charge in [-0.05, 0) is 27.5 Å². The van der Waals surface area contributed by atoms with Gasteiger partial charge in [-0.25, -0.2) is 0 Å². The van der Waals surface area contributed by atoms with Crippen LogP contribution in [0.1, 0.15) is 23.5 Å². The summed E-state index contributed by atoms with van der Waals surface area (Å²) in [4.78, 5) is 23.1. The van der Waals surface area contributed by atoms with E-state index < -0.39 is 6.04 Å². The summed E-state index contributed by atoms with van der Waals surface area (Å²) < 4.78 is 5.94. The van der Waals surface area contributed by atoms with Crippen LogP contribution >= 0.6 is 0 Å². The number of hydrogen-bond donors (Lipinski definition) is 0. The summed E-state index contributed by atoms with van der Waals surface area (Å²) in [5.41, 5.74) is 2.42. The van der Waals surface area contributed by atoms with E-state index in [-0.39, 0.29) is 23.2 Å². The van der Waals surface area contributed by atoms with Gasteiger partial charge in [0.05, 0.1) is 19.1 Å². The molecule has 0 saturated carbocycles. The fourth-order valence-electron chi connectivity index (χ4n) is 4.32. The van der Waals surface area contributed by atoms with Crippen molar-refractivity contribution >= 4 is 17.1 Å². The van der Waals surface area contributed by atoms with Gasteiger partial charge < -0.3 is 4.74 Å². The molecule has 0 aliphatic heterocycles. The zero-order valence-electron chi connectivity index (χ0n) is 16.5. The minimum atomic E-state index is -0.860. The van der Waals surface area contributed by atoms with Crippen LogP contribution in [0.3, 0.4) is 0 Å². The predicted octanol–water partition coefficient (Wildman–Crippen LogP) is 4.93. The predicted molar refractivity (Wildman–Crippen MR) is 116 cm³/mol. The van der Waals surface area contributed by atoms with Gasteiger partial charge in [0.1, 0.15) is 6.29 Å². The van der Waals surface area contributed by atoms with E-state index >= 15 is 0 Å². The van der Waals surface area contributed by atoms with Gasteiger partial charge in [-0.3, -0.25) is 14.9 Å². The normalized spacial score (nSPS) is 21.2. The Balaban J connectivity index is 1.65. The molecule has 0 fully saturated rings. The molecule has 0 radical (unpaired) electrons. The van der Waals surface area contributed by atoms with Crippen molar-refractivity contribution in [1.82, 2.24) is 0 Å². The highest BCUT2D eigenvalue weighted by Crippen LogP contribution is 2.39. The lowest BCUT2D eigenvalue weighted by atomic mass is 9.74. The Labute approximate surface area is 175 Å². The molecule has 1 aliphatic rings. The summed E-state index contributed by atoms with van der Waals surface area (Å²) in [6, 6.07) is 22.9. The van der Waals surface area contributed by atoms with E-state index in [9.17, 15) is 14.9 Å². The molecule has 3 atom stereocenters. The first-order valence-corrected chi connectivity index (χ1v) is 10.1. The molecule has 0 N–H and O–H groups in total. The van der Waals surface area contributed by atoms with E-state index in [1.807, 2.05) is 78.9 Å². The highest BCUT2D eigenvalue weighted by molar-refractivity contribution is 5.83. The number of hydrogen-bond acceptors (Lipinski definition) is 4. The molecular weight excluding hydrogens is 378 g/mol. The third-order valence-corrected chi connectivity index (χ3v) is 5.75. The fourth-order valence-corrected chi connectivity index (χ4v) is 4.32. The van der Waals surface area contributed by atoms with Crippen LogP contribution in [-0.2, 0) is 16.1 Å². The fraction of sp³-hybridized carbons (Fsp3) is 0.240. The van der Waals surface area contributed by atoms with Gasteiger partial charge >= 0.3 is 0 Å². The van der Waals surface area contributed by atoms with Gasteiger partial charge in [-0.15, -0.1) is 0 Å². The number of aldehydes is 1. The molecule has 3 aromatic carbocycles. The first kappa shape index (κ1) is 20.0. The number of rotatable bonds is 7. The quantitative estimate of drug-likeness (QED) is 0.320. The second kappa shape index (κ2) is 9.01. The van der Waals surface area contributed by atoms with Crippen molar-refractivity contribution in [2.45, 2.75) is 25.0 Å². The largest absolute Gasteiger partial charge is 0.376 e. The molecule has 3 aromatic rings. The maximum Gasteiger partial charge on any atom is 0.224 e. The van der Waals surface area contributed by atoms with Crippen molar-refractivity contribution in [2.75, 3.05) is 6.61 Å². The summed E-state index contributed by atoms with van der Waals surface area (Å²) in [5, 5.41) is 14.1. The Kier molecular flexibility index (Phi) is 6.00. The Morgan fingerprint density at radius 1 is 1.00 bits per heavy atom. The summed E-state index contributed by atoms with van der Waals surface area (Å²) in [6.45, 7) is 0.739. The molecule has 152 valence electrons. The lowest BCUT2D eigenvalue weighted by Gasteiger charge is -2.32. The molecule has 30 heavy (non-hydrogen) atoms. The SMILES string of the molecule is O=CC1=C[C@H](COCc2ccccc2)[C@@H](c2ccc3ccccc3c2)[C@@H]([N+](=O)[O-])C1. The summed E-state index contributed by atoms with van der Waals surface area (Å²) in [5.74, 6) is -0.608. The van der Waals surface area contributed by atoms with Crippen LogP contribution in [0, 0.1) is 16.0 Å². The van der Waals surface area contributed by atoms with Crippen molar-refractivity contribution in [3.8, 4) is 0 Å². The van der Waals surface area contributed by atoms with Crippen LogP contribution in [0.25, 0.3) is 10.8 Å². The van der Waals surface area contributed by atoms with Crippen LogP contribution in [0.15, 0.2) is 84.4 Å². The highest BCUT2D eigenvalue weighted by atomic mass is 16.6. The van der Waals surface area contributed by atoms with E-state index in [0.717, 1.165) is 28.2 Å². The van der Waals surface area contributed by atoms with E-state index in [1.54, 1.807) is 0 Å². The molecule has 4 rings (SSSR count). The Bertz CT molecular complexity index is 1080. The average Bonchev–Trinajstić information content (AvgIpc) is 2.79. The number of fused-ring (bicyclic) bond motifs is 1. The molecule has 0 amide bonds. The van der Waals surface area contributed by atoms with E-state index in [4.69, 9.17) is 4.74 Å². The van der Waals surface area contributed by atoms with Gasteiger partial charge in [0.15, 0.2) is 0 Å². The number of nitrogens with zero attached hydrogens (tertiary/aromatic N) is 1. The number of carbonyl (C=O) groups excluding carboxylic acids is 1. The van der Waals surface area contributed by atoms with E-state index in [2.05, 4.69) is 0 Å². The molecule has 0 saturated heterocycles. The zero-order chi connectivity index (χ0) is 20.9. The van der Waals surface area contributed by atoms with Crippen molar-refractivity contribution in [3.63, 3.8) is 0 Å². The molecule has 5 heteroatoms. The summed E-state index contributed by atoms with van der Waals surface area (Å²) in [6.07, 6.45) is 2.73. The number of carbonyl (C=O) groups is 1.